The Bertz CT molecular complexity index is 724. The number of rotatable bonds is 2. The summed E-state index contributed by atoms with van der Waals surface area (Å²) in [5.41, 5.74) is 1.57. The maximum Gasteiger partial charge on any atom is 0.254 e. The van der Waals surface area contributed by atoms with E-state index in [1.54, 1.807) is 15.8 Å². The van der Waals surface area contributed by atoms with Crippen LogP contribution in [0.4, 0.5) is 5.69 Å². The van der Waals surface area contributed by atoms with Gasteiger partial charge < -0.3 is 9.80 Å². The number of thiophene rings is 1. The van der Waals surface area contributed by atoms with E-state index in [4.69, 9.17) is 0 Å². The molecule has 0 radical (unpaired) electrons. The molecule has 2 atom stereocenters. The molecule has 0 aliphatic carbocycles. The van der Waals surface area contributed by atoms with E-state index < -0.39 is 0 Å². The first-order chi connectivity index (χ1) is 10.6. The van der Waals surface area contributed by atoms with E-state index in [0.29, 0.717) is 19.6 Å². The van der Waals surface area contributed by atoms with E-state index in [1.807, 2.05) is 35.0 Å². The number of hydrogen-bond acceptors (Lipinski definition) is 4. The summed E-state index contributed by atoms with van der Waals surface area (Å²) in [5, 5.41) is 7.89. The topological polar surface area (TPSA) is 58.4 Å². The van der Waals surface area contributed by atoms with Gasteiger partial charge >= 0.3 is 0 Å². The van der Waals surface area contributed by atoms with Crippen LogP contribution in [-0.4, -0.2) is 46.1 Å². The summed E-state index contributed by atoms with van der Waals surface area (Å²) in [6.07, 6.45) is 3.57. The van der Waals surface area contributed by atoms with Crippen LogP contribution in [0.25, 0.3) is 0 Å². The minimum absolute atomic E-state index is 0.0383. The molecule has 2 aromatic heterocycles. The molecule has 2 amide bonds. The summed E-state index contributed by atoms with van der Waals surface area (Å²) in [4.78, 5) is 28.6. The highest BCUT2D eigenvalue weighted by molar-refractivity contribution is 7.08. The van der Waals surface area contributed by atoms with Crippen LogP contribution in [0.15, 0.2) is 29.2 Å². The standard InChI is InChI=1S/C15H16N4O2S/c1-17-7-12(4-16-17)19-6-11-5-18(8-13(11)15(19)21)14(20)10-2-3-22-9-10/h2-4,7,9,11,13H,5-6,8H2,1H3/t11-,13-/m0/s1. The Balaban J connectivity index is 1.49. The Morgan fingerprint density at radius 2 is 2.23 bits per heavy atom. The quantitative estimate of drug-likeness (QED) is 0.837. The summed E-state index contributed by atoms with van der Waals surface area (Å²) in [6, 6.07) is 1.84. The molecule has 114 valence electrons. The van der Waals surface area contributed by atoms with Crippen molar-refractivity contribution in [2.45, 2.75) is 0 Å². The molecule has 0 spiro atoms. The molecule has 0 unspecified atom stereocenters. The van der Waals surface area contributed by atoms with Gasteiger partial charge in [0.15, 0.2) is 0 Å². The monoisotopic (exact) mass is 316 g/mol. The van der Waals surface area contributed by atoms with Crippen molar-refractivity contribution in [1.29, 1.82) is 0 Å². The van der Waals surface area contributed by atoms with E-state index in [0.717, 1.165) is 11.3 Å². The van der Waals surface area contributed by atoms with Crippen molar-refractivity contribution in [3.8, 4) is 0 Å². The number of carbonyl (C=O) groups excluding carboxylic acids is 2. The van der Waals surface area contributed by atoms with Crippen molar-refractivity contribution in [2.75, 3.05) is 24.5 Å². The lowest BCUT2D eigenvalue weighted by atomic mass is 10.0. The summed E-state index contributed by atoms with van der Waals surface area (Å²) in [5.74, 6) is 0.285. The molecule has 0 saturated carbocycles. The zero-order chi connectivity index (χ0) is 15.3. The van der Waals surface area contributed by atoms with Gasteiger partial charge in [0.1, 0.15) is 0 Å². The lowest BCUT2D eigenvalue weighted by Gasteiger charge is -2.20. The fraction of sp³-hybridized carbons (Fsp3) is 0.400. The van der Waals surface area contributed by atoms with E-state index in [9.17, 15) is 9.59 Å². The maximum atomic E-state index is 12.6. The van der Waals surface area contributed by atoms with Crippen molar-refractivity contribution >= 4 is 28.8 Å². The third-order valence-electron chi connectivity index (χ3n) is 4.50. The van der Waals surface area contributed by atoms with Gasteiger partial charge in [0, 0.05) is 44.2 Å². The molecule has 0 bridgehead atoms. The van der Waals surface area contributed by atoms with Gasteiger partial charge in [0.2, 0.25) is 5.91 Å². The van der Waals surface area contributed by atoms with Gasteiger partial charge in [-0.15, -0.1) is 0 Å². The zero-order valence-corrected chi connectivity index (χ0v) is 13.0. The largest absolute Gasteiger partial charge is 0.337 e. The average molecular weight is 316 g/mol. The molecular weight excluding hydrogens is 300 g/mol. The molecule has 4 rings (SSSR count). The first-order valence-corrected chi connectivity index (χ1v) is 8.19. The van der Waals surface area contributed by atoms with Crippen LogP contribution in [-0.2, 0) is 11.8 Å². The molecule has 22 heavy (non-hydrogen) atoms. The number of aryl methyl sites for hydroxylation is 1. The molecule has 7 heteroatoms. The summed E-state index contributed by atoms with van der Waals surface area (Å²) in [6.45, 7) is 1.85. The highest BCUT2D eigenvalue weighted by Gasteiger charge is 2.48. The second-order valence-corrected chi connectivity index (χ2v) is 6.69. The van der Waals surface area contributed by atoms with Crippen LogP contribution >= 0.6 is 11.3 Å². The van der Waals surface area contributed by atoms with Crippen molar-refractivity contribution in [2.24, 2.45) is 18.9 Å². The molecule has 0 aromatic carbocycles. The SMILES string of the molecule is Cn1cc(N2C[C@@H]3CN(C(=O)c4ccsc4)C[C@@H]3C2=O)cn1. The number of likely N-dealkylation sites (tertiary alicyclic amines) is 1. The lowest BCUT2D eigenvalue weighted by Crippen LogP contribution is -2.35. The summed E-state index contributed by atoms with van der Waals surface area (Å²) in [7, 11) is 1.84. The van der Waals surface area contributed by atoms with Crippen LogP contribution in [0.2, 0.25) is 0 Å². The first kappa shape index (κ1) is 13.5. The lowest BCUT2D eigenvalue weighted by molar-refractivity contribution is -0.120. The summed E-state index contributed by atoms with van der Waals surface area (Å²) >= 11 is 1.52. The fourth-order valence-electron chi connectivity index (χ4n) is 3.38. The van der Waals surface area contributed by atoms with Crippen LogP contribution in [0.5, 0.6) is 0 Å². The van der Waals surface area contributed by atoms with Gasteiger partial charge in [-0.3, -0.25) is 14.3 Å². The van der Waals surface area contributed by atoms with Crippen LogP contribution in [0, 0.1) is 11.8 Å². The van der Waals surface area contributed by atoms with Gasteiger partial charge in [-0.1, -0.05) is 0 Å². The third-order valence-corrected chi connectivity index (χ3v) is 5.18. The number of fused-ring (bicyclic) bond motifs is 1. The molecule has 2 aromatic rings. The van der Waals surface area contributed by atoms with E-state index in [1.165, 1.54) is 11.3 Å². The summed E-state index contributed by atoms with van der Waals surface area (Å²) < 4.78 is 1.70. The number of hydrogen-bond donors (Lipinski definition) is 0. The minimum atomic E-state index is -0.0807. The second-order valence-electron chi connectivity index (χ2n) is 5.91. The Morgan fingerprint density at radius 1 is 1.36 bits per heavy atom. The normalized spacial score (nSPS) is 24.1. The van der Waals surface area contributed by atoms with E-state index >= 15 is 0 Å². The smallest absolute Gasteiger partial charge is 0.254 e. The molecule has 4 heterocycles. The maximum absolute atomic E-state index is 12.6. The van der Waals surface area contributed by atoms with Crippen LogP contribution in [0.3, 0.4) is 0 Å². The molecule has 2 aliphatic rings. The highest BCUT2D eigenvalue weighted by atomic mass is 32.1. The first-order valence-electron chi connectivity index (χ1n) is 7.25. The third kappa shape index (κ3) is 2.04. The highest BCUT2D eigenvalue weighted by Crippen LogP contribution is 2.35. The molecular formula is C15H16N4O2S. The number of carbonyl (C=O) groups is 2. The Morgan fingerprint density at radius 3 is 2.86 bits per heavy atom. The molecule has 2 aliphatic heterocycles. The molecule has 0 N–H and O–H groups in total. The van der Waals surface area contributed by atoms with Crippen molar-refractivity contribution < 1.29 is 9.59 Å². The number of amides is 2. The predicted molar refractivity (Wildman–Crippen MR) is 82.8 cm³/mol. The van der Waals surface area contributed by atoms with Crippen LogP contribution < -0.4 is 4.90 Å². The Hall–Kier alpha value is -2.15. The fourth-order valence-corrected chi connectivity index (χ4v) is 4.01. The van der Waals surface area contributed by atoms with Crippen LogP contribution in [0.1, 0.15) is 10.4 Å². The Kier molecular flexibility index (Phi) is 3.04. The second kappa shape index (κ2) is 4.95. The van der Waals surface area contributed by atoms with Gasteiger partial charge in [-0.25, -0.2) is 0 Å². The number of nitrogens with zero attached hydrogens (tertiary/aromatic N) is 4. The number of anilines is 1. The van der Waals surface area contributed by atoms with Crippen molar-refractivity contribution in [1.82, 2.24) is 14.7 Å². The average Bonchev–Trinajstić information content (AvgIpc) is 3.24. The van der Waals surface area contributed by atoms with Gasteiger partial charge in [0.25, 0.3) is 5.91 Å². The van der Waals surface area contributed by atoms with Gasteiger partial charge in [-0.05, 0) is 11.4 Å². The molecule has 2 saturated heterocycles. The zero-order valence-electron chi connectivity index (χ0n) is 12.2. The number of aromatic nitrogens is 2. The van der Waals surface area contributed by atoms with Crippen molar-refractivity contribution in [3.05, 3.63) is 34.8 Å². The minimum Gasteiger partial charge on any atom is -0.337 e. The van der Waals surface area contributed by atoms with E-state index in [-0.39, 0.29) is 23.7 Å². The predicted octanol–water partition coefficient (Wildman–Crippen LogP) is 1.22. The molecule has 2 fully saturated rings. The van der Waals surface area contributed by atoms with E-state index in [2.05, 4.69) is 5.10 Å². The van der Waals surface area contributed by atoms with Crippen molar-refractivity contribution in [3.63, 3.8) is 0 Å². The molecule has 6 nitrogen and oxygen atoms in total. The van der Waals surface area contributed by atoms with Gasteiger partial charge in [0.05, 0.1) is 23.4 Å². The Labute approximate surface area is 131 Å². The van der Waals surface area contributed by atoms with Gasteiger partial charge in [-0.2, -0.15) is 16.4 Å².